The maximum Gasteiger partial charge on any atom is 0.231 e. The third-order valence-corrected chi connectivity index (χ3v) is 5.38. The van der Waals surface area contributed by atoms with Crippen LogP contribution in [0.5, 0.6) is 0 Å². The number of hydrogen-bond acceptors (Lipinski definition) is 2. The average Bonchev–Trinajstić information content (AvgIpc) is 3.00. The number of nitrogens with one attached hydrogen (secondary N) is 1. The standard InChI is InChI=1S/C18H23F2NO2/c19-12-7-8-13(14(20)11-12)18(9-3-4-10-18)17(23)21-15-5-1-2-6-16(15)22/h7-8,11,15-16,22H,1-6,9-10H2,(H,21,23). The van der Waals surface area contributed by atoms with Gasteiger partial charge in [0.2, 0.25) is 5.91 Å². The van der Waals surface area contributed by atoms with E-state index in [0.29, 0.717) is 19.3 Å². The first-order valence-electron chi connectivity index (χ1n) is 8.47. The summed E-state index contributed by atoms with van der Waals surface area (Å²) in [7, 11) is 0. The molecule has 3 rings (SSSR count). The lowest BCUT2D eigenvalue weighted by molar-refractivity contribution is -0.128. The first-order chi connectivity index (χ1) is 11.0. The maximum absolute atomic E-state index is 14.3. The Hall–Kier alpha value is -1.49. The van der Waals surface area contributed by atoms with Crippen LogP contribution in [0.1, 0.15) is 56.9 Å². The summed E-state index contributed by atoms with van der Waals surface area (Å²) in [5.74, 6) is -1.53. The fraction of sp³-hybridized carbons (Fsp3) is 0.611. The molecule has 2 aliphatic carbocycles. The highest BCUT2D eigenvalue weighted by Gasteiger charge is 2.45. The molecule has 5 heteroatoms. The van der Waals surface area contributed by atoms with Crippen LogP contribution in [0.4, 0.5) is 8.78 Å². The molecule has 0 spiro atoms. The van der Waals surface area contributed by atoms with Gasteiger partial charge in [-0.15, -0.1) is 0 Å². The normalized spacial score (nSPS) is 26.9. The van der Waals surface area contributed by atoms with E-state index < -0.39 is 23.2 Å². The zero-order valence-electron chi connectivity index (χ0n) is 13.2. The SMILES string of the molecule is O=C(NC1CCCCC1O)C1(c2ccc(F)cc2F)CCCC1. The molecule has 1 aromatic rings. The molecule has 2 N–H and O–H groups in total. The van der Waals surface area contributed by atoms with Crippen molar-refractivity contribution in [3.63, 3.8) is 0 Å². The minimum absolute atomic E-state index is 0.230. The number of aliphatic hydroxyl groups excluding tert-OH is 1. The van der Waals surface area contributed by atoms with Gasteiger partial charge < -0.3 is 10.4 Å². The largest absolute Gasteiger partial charge is 0.391 e. The minimum Gasteiger partial charge on any atom is -0.391 e. The smallest absolute Gasteiger partial charge is 0.231 e. The number of hydrogen-bond donors (Lipinski definition) is 2. The molecule has 2 atom stereocenters. The number of carbonyl (C=O) groups is 1. The molecule has 0 aromatic heterocycles. The van der Waals surface area contributed by atoms with Gasteiger partial charge in [0.25, 0.3) is 0 Å². The minimum atomic E-state index is -0.936. The second kappa shape index (κ2) is 6.56. The highest BCUT2D eigenvalue weighted by Crippen LogP contribution is 2.42. The Balaban J connectivity index is 1.86. The lowest BCUT2D eigenvalue weighted by Crippen LogP contribution is -2.52. The van der Waals surface area contributed by atoms with Crippen LogP contribution in [0.2, 0.25) is 0 Å². The fourth-order valence-corrected chi connectivity index (χ4v) is 4.06. The van der Waals surface area contributed by atoms with Gasteiger partial charge in [0.1, 0.15) is 11.6 Å². The summed E-state index contributed by atoms with van der Waals surface area (Å²) in [6.07, 6.45) is 5.64. The van der Waals surface area contributed by atoms with E-state index >= 15 is 0 Å². The van der Waals surface area contributed by atoms with Gasteiger partial charge in [0.05, 0.1) is 17.6 Å². The van der Waals surface area contributed by atoms with Gasteiger partial charge in [-0.1, -0.05) is 31.7 Å². The number of carbonyl (C=O) groups excluding carboxylic acids is 1. The lowest BCUT2D eigenvalue weighted by atomic mass is 9.77. The molecule has 2 aliphatic rings. The molecule has 0 heterocycles. The summed E-state index contributed by atoms with van der Waals surface area (Å²) >= 11 is 0. The zero-order chi connectivity index (χ0) is 16.4. The van der Waals surface area contributed by atoms with Gasteiger partial charge in [-0.25, -0.2) is 8.78 Å². The summed E-state index contributed by atoms with van der Waals surface area (Å²) in [5, 5.41) is 13.0. The van der Waals surface area contributed by atoms with Gasteiger partial charge in [0.15, 0.2) is 0 Å². The first-order valence-corrected chi connectivity index (χ1v) is 8.47. The molecule has 2 unspecified atom stereocenters. The Morgan fingerprint density at radius 1 is 1.13 bits per heavy atom. The van der Waals surface area contributed by atoms with Gasteiger partial charge >= 0.3 is 0 Å². The molecular formula is C18H23F2NO2. The molecular weight excluding hydrogens is 300 g/mol. The van der Waals surface area contributed by atoms with E-state index in [-0.39, 0.29) is 17.5 Å². The Morgan fingerprint density at radius 2 is 1.83 bits per heavy atom. The van der Waals surface area contributed by atoms with Crippen molar-refractivity contribution < 1.29 is 18.7 Å². The number of amides is 1. The van der Waals surface area contributed by atoms with Crippen LogP contribution in [0.25, 0.3) is 0 Å². The third-order valence-electron chi connectivity index (χ3n) is 5.38. The second-order valence-electron chi connectivity index (χ2n) is 6.85. The fourth-order valence-electron chi connectivity index (χ4n) is 4.06. The maximum atomic E-state index is 14.3. The van der Waals surface area contributed by atoms with Crippen LogP contribution in [-0.4, -0.2) is 23.2 Å². The molecule has 0 radical (unpaired) electrons. The van der Waals surface area contributed by atoms with Crippen LogP contribution >= 0.6 is 0 Å². The Kier molecular flexibility index (Phi) is 4.67. The number of rotatable bonds is 3. The van der Waals surface area contributed by atoms with E-state index in [1.807, 2.05) is 0 Å². The molecule has 2 saturated carbocycles. The third kappa shape index (κ3) is 3.11. The summed E-state index contributed by atoms with van der Waals surface area (Å²) in [4.78, 5) is 12.9. The molecule has 1 amide bonds. The summed E-state index contributed by atoms with van der Waals surface area (Å²) in [6, 6.07) is 3.18. The van der Waals surface area contributed by atoms with Gasteiger partial charge in [0, 0.05) is 11.6 Å². The van der Waals surface area contributed by atoms with Gasteiger partial charge in [-0.05, 0) is 31.7 Å². The molecule has 0 aliphatic heterocycles. The number of halogens is 2. The van der Waals surface area contributed by atoms with Crippen molar-refractivity contribution in [3.8, 4) is 0 Å². The molecule has 1 aromatic carbocycles. The van der Waals surface area contributed by atoms with Crippen molar-refractivity contribution in [2.45, 2.75) is 68.9 Å². The molecule has 2 fully saturated rings. The molecule has 0 saturated heterocycles. The molecule has 0 bridgehead atoms. The summed E-state index contributed by atoms with van der Waals surface area (Å²) < 4.78 is 27.5. The van der Waals surface area contributed by atoms with E-state index in [1.54, 1.807) is 0 Å². The highest BCUT2D eigenvalue weighted by atomic mass is 19.1. The van der Waals surface area contributed by atoms with Crippen LogP contribution in [0, 0.1) is 11.6 Å². The van der Waals surface area contributed by atoms with Crippen molar-refractivity contribution >= 4 is 5.91 Å². The molecule has 126 valence electrons. The van der Waals surface area contributed by atoms with E-state index in [4.69, 9.17) is 0 Å². The summed E-state index contributed by atoms with van der Waals surface area (Å²) in [6.45, 7) is 0. The van der Waals surface area contributed by atoms with Crippen LogP contribution in [0.3, 0.4) is 0 Å². The predicted molar refractivity (Wildman–Crippen MR) is 82.9 cm³/mol. The van der Waals surface area contributed by atoms with E-state index in [1.165, 1.54) is 12.1 Å². The molecule has 3 nitrogen and oxygen atoms in total. The zero-order valence-corrected chi connectivity index (χ0v) is 13.2. The average molecular weight is 323 g/mol. The Morgan fingerprint density at radius 3 is 2.48 bits per heavy atom. The van der Waals surface area contributed by atoms with E-state index in [0.717, 1.165) is 38.2 Å². The van der Waals surface area contributed by atoms with Crippen molar-refractivity contribution in [2.75, 3.05) is 0 Å². The number of benzene rings is 1. The number of aliphatic hydroxyl groups is 1. The predicted octanol–water partition coefficient (Wildman–Crippen LogP) is 3.20. The van der Waals surface area contributed by atoms with Crippen molar-refractivity contribution in [1.29, 1.82) is 0 Å². The van der Waals surface area contributed by atoms with Crippen molar-refractivity contribution in [3.05, 3.63) is 35.4 Å². The van der Waals surface area contributed by atoms with Crippen molar-refractivity contribution in [2.24, 2.45) is 0 Å². The summed E-state index contributed by atoms with van der Waals surface area (Å²) in [5.41, 5.74) is -0.659. The van der Waals surface area contributed by atoms with E-state index in [2.05, 4.69) is 5.32 Å². The Labute approximate surface area is 135 Å². The monoisotopic (exact) mass is 323 g/mol. The van der Waals surface area contributed by atoms with E-state index in [9.17, 15) is 18.7 Å². The van der Waals surface area contributed by atoms with Crippen LogP contribution < -0.4 is 5.32 Å². The van der Waals surface area contributed by atoms with Crippen LogP contribution in [-0.2, 0) is 10.2 Å². The topological polar surface area (TPSA) is 49.3 Å². The van der Waals surface area contributed by atoms with Crippen molar-refractivity contribution in [1.82, 2.24) is 5.32 Å². The first kappa shape index (κ1) is 16.4. The Bertz CT molecular complexity index is 584. The van der Waals surface area contributed by atoms with Gasteiger partial charge in [-0.2, -0.15) is 0 Å². The highest BCUT2D eigenvalue weighted by molar-refractivity contribution is 5.89. The van der Waals surface area contributed by atoms with Crippen LogP contribution in [0.15, 0.2) is 18.2 Å². The molecule has 23 heavy (non-hydrogen) atoms. The van der Waals surface area contributed by atoms with Gasteiger partial charge in [-0.3, -0.25) is 4.79 Å². The second-order valence-corrected chi connectivity index (χ2v) is 6.85. The lowest BCUT2D eigenvalue weighted by Gasteiger charge is -2.34. The quantitative estimate of drug-likeness (QED) is 0.897.